The van der Waals surface area contributed by atoms with Crippen molar-refractivity contribution in [3.05, 3.63) is 0 Å². The molecule has 0 spiro atoms. The van der Waals surface area contributed by atoms with Gasteiger partial charge < -0.3 is 5.73 Å². The molecule has 0 saturated carbocycles. The summed E-state index contributed by atoms with van der Waals surface area (Å²) in [4.78, 5) is 10.1. The third-order valence-corrected chi connectivity index (χ3v) is 2.68. The second-order valence-corrected chi connectivity index (χ2v) is 4.47. The zero-order chi connectivity index (χ0) is 20.0. The first-order valence-corrected chi connectivity index (χ1v) is 5.41. The third kappa shape index (κ3) is 3.20. The summed E-state index contributed by atoms with van der Waals surface area (Å²) in [5, 5.41) is 0. The van der Waals surface area contributed by atoms with Crippen LogP contribution < -0.4 is 5.73 Å². The Kier molecular flexibility index (Phi) is 5.47. The Morgan fingerprint density at radius 1 is 0.625 bits per heavy atom. The zero-order valence-corrected chi connectivity index (χ0v) is 10.8. The Bertz CT molecular complexity index is 480. The van der Waals surface area contributed by atoms with E-state index < -0.39 is 54.5 Å². The van der Waals surface area contributed by atoms with Crippen molar-refractivity contribution in [3.63, 3.8) is 0 Å². The van der Waals surface area contributed by atoms with Gasteiger partial charge in [0.15, 0.2) is 0 Å². The van der Waals surface area contributed by atoms with Crippen LogP contribution >= 0.6 is 0 Å². The van der Waals surface area contributed by atoms with Crippen molar-refractivity contribution in [2.75, 3.05) is 0 Å². The number of rotatable bonds is 7. The quantitative estimate of drug-likeness (QED) is 0.656. The number of amides is 1. The summed E-state index contributed by atoms with van der Waals surface area (Å²) >= 11 is 0. The molecule has 144 valence electrons. The Morgan fingerprint density at radius 2 is 0.958 bits per heavy atom. The molecule has 0 aliphatic carbocycles. The van der Waals surface area contributed by atoms with Gasteiger partial charge in [-0.25, -0.2) is 0 Å². The summed E-state index contributed by atoms with van der Waals surface area (Å²) in [7, 11) is 0. The highest BCUT2D eigenvalue weighted by Gasteiger charge is 2.90. The van der Waals surface area contributed by atoms with E-state index in [0.717, 1.165) is 0 Å². The lowest BCUT2D eigenvalue weighted by Crippen LogP contribution is -2.70. The van der Waals surface area contributed by atoms with E-state index in [4.69, 9.17) is 0 Å². The fourth-order valence-electron chi connectivity index (χ4n) is 1.24. The van der Waals surface area contributed by atoms with E-state index in [2.05, 4.69) is 5.73 Å². The number of primary amides is 1. The van der Waals surface area contributed by atoms with E-state index in [1.165, 1.54) is 0 Å². The van der Waals surface area contributed by atoms with Gasteiger partial charge in [-0.1, -0.05) is 0 Å². The number of carbonyl (C=O) groups is 1. The molecule has 2 nitrogen and oxygen atoms in total. The third-order valence-electron chi connectivity index (χ3n) is 2.68. The number of alkyl halides is 13. The van der Waals surface area contributed by atoms with Crippen LogP contribution in [-0.4, -0.2) is 41.7 Å². The number of carbonyl (C=O) groups excluding carboxylic acids is 1. The van der Waals surface area contributed by atoms with Gasteiger partial charge in [-0.05, 0) is 0 Å². The van der Waals surface area contributed by atoms with E-state index >= 15 is 0 Å². The van der Waals surface area contributed by atoms with Crippen LogP contribution in [-0.2, 0) is 4.79 Å². The minimum absolute atomic E-state index is 1.76. The molecule has 1 amide bonds. The molecule has 15 heteroatoms. The van der Waals surface area contributed by atoms with Crippen LogP contribution in [0.3, 0.4) is 0 Å². The van der Waals surface area contributed by atoms with Crippen molar-refractivity contribution in [2.24, 2.45) is 5.73 Å². The lowest BCUT2D eigenvalue weighted by molar-refractivity contribution is -0.440. The molecule has 2 N–H and O–H groups in total. The van der Waals surface area contributed by atoms with Crippen molar-refractivity contribution >= 4 is 5.91 Å². The Morgan fingerprint density at radius 3 is 1.25 bits per heavy atom. The smallest absolute Gasteiger partial charge is 0.370 e. The molecule has 0 atom stereocenters. The van der Waals surface area contributed by atoms with Gasteiger partial charge in [-0.3, -0.25) is 4.79 Å². The first-order valence-electron chi connectivity index (χ1n) is 5.41. The molecule has 0 aliphatic rings. The molecule has 0 aromatic rings. The fraction of sp³-hybridized carbons (Fsp3) is 0.889. The second-order valence-electron chi connectivity index (χ2n) is 4.47. The van der Waals surface area contributed by atoms with E-state index in [1.807, 2.05) is 0 Å². The van der Waals surface area contributed by atoms with Gasteiger partial charge in [0.1, 0.15) is 0 Å². The maximum atomic E-state index is 13.0. The summed E-state index contributed by atoms with van der Waals surface area (Å²) < 4.78 is 164. The van der Waals surface area contributed by atoms with Crippen LogP contribution in [0.5, 0.6) is 0 Å². The molecule has 0 aliphatic heterocycles. The van der Waals surface area contributed by atoms with E-state index in [9.17, 15) is 61.9 Å². The van der Waals surface area contributed by atoms with E-state index in [-0.39, 0.29) is 0 Å². The standard InChI is InChI=1S/C9H6F13NO/c10-4(11,2-1-3(23)24)5(12,13)6(14,15)7(16,17)8(18,19)9(20,21)22/h1-2H2,(H2,23,24). The summed E-state index contributed by atoms with van der Waals surface area (Å²) in [6.07, 6.45) is -11.8. The summed E-state index contributed by atoms with van der Waals surface area (Å²) in [5.41, 5.74) is 4.24. The first kappa shape index (κ1) is 22.6. The molecule has 0 saturated heterocycles. The molecule has 0 radical (unpaired) electrons. The summed E-state index contributed by atoms with van der Waals surface area (Å²) in [6.45, 7) is 0. The van der Waals surface area contributed by atoms with Gasteiger partial charge in [-0.2, -0.15) is 57.1 Å². The Hall–Kier alpha value is -1.44. The molecule has 0 rings (SSSR count). The van der Waals surface area contributed by atoms with Gasteiger partial charge >= 0.3 is 35.8 Å². The van der Waals surface area contributed by atoms with Crippen LogP contribution in [0.15, 0.2) is 0 Å². The second kappa shape index (κ2) is 5.82. The average Bonchev–Trinajstić information content (AvgIpc) is 2.34. The molecular weight excluding hydrogens is 385 g/mol. The molecule has 0 aromatic heterocycles. The van der Waals surface area contributed by atoms with Crippen LogP contribution in [0.1, 0.15) is 12.8 Å². The first-order chi connectivity index (χ1) is 10.2. The van der Waals surface area contributed by atoms with Crippen molar-refractivity contribution in [3.8, 4) is 0 Å². The molecule has 0 heterocycles. The highest BCUT2D eigenvalue weighted by atomic mass is 19.4. The largest absolute Gasteiger partial charge is 0.460 e. The molecule has 0 fully saturated rings. The molecular formula is C9H6F13NO. The minimum atomic E-state index is -7.93. The van der Waals surface area contributed by atoms with Crippen LogP contribution in [0, 0.1) is 0 Å². The fourth-order valence-corrected chi connectivity index (χ4v) is 1.24. The minimum Gasteiger partial charge on any atom is -0.370 e. The van der Waals surface area contributed by atoms with E-state index in [1.54, 1.807) is 0 Å². The van der Waals surface area contributed by atoms with Gasteiger partial charge in [0.25, 0.3) is 0 Å². The molecule has 24 heavy (non-hydrogen) atoms. The van der Waals surface area contributed by atoms with Crippen molar-refractivity contribution in [1.82, 2.24) is 0 Å². The normalized spacial score (nSPS) is 15.5. The number of hydrogen-bond donors (Lipinski definition) is 1. The number of nitrogens with two attached hydrogens (primary N) is 1. The van der Waals surface area contributed by atoms with Gasteiger partial charge in [0.2, 0.25) is 5.91 Å². The van der Waals surface area contributed by atoms with Crippen molar-refractivity contribution in [1.29, 1.82) is 0 Å². The van der Waals surface area contributed by atoms with Gasteiger partial charge in [0, 0.05) is 12.8 Å². The lowest BCUT2D eigenvalue weighted by atomic mass is 9.92. The molecule has 0 bridgehead atoms. The topological polar surface area (TPSA) is 43.1 Å². The Labute approximate surface area is 123 Å². The van der Waals surface area contributed by atoms with E-state index in [0.29, 0.717) is 0 Å². The van der Waals surface area contributed by atoms with Gasteiger partial charge in [-0.15, -0.1) is 0 Å². The van der Waals surface area contributed by atoms with Crippen LogP contribution in [0.25, 0.3) is 0 Å². The zero-order valence-electron chi connectivity index (χ0n) is 10.8. The SMILES string of the molecule is NC(=O)CCC(F)(F)C(F)(F)C(F)(F)C(F)(F)C(F)(F)C(F)(F)F. The van der Waals surface area contributed by atoms with Crippen molar-refractivity contribution < 1.29 is 61.9 Å². The highest BCUT2D eigenvalue weighted by molar-refractivity contribution is 5.73. The molecule has 0 aromatic carbocycles. The van der Waals surface area contributed by atoms with Crippen LogP contribution in [0.4, 0.5) is 57.1 Å². The Balaban J connectivity index is 6.05. The predicted molar refractivity (Wildman–Crippen MR) is 49.2 cm³/mol. The number of hydrogen-bond acceptors (Lipinski definition) is 1. The maximum Gasteiger partial charge on any atom is 0.460 e. The molecule has 0 unspecified atom stereocenters. The number of halogens is 13. The maximum absolute atomic E-state index is 13.0. The average molecular weight is 391 g/mol. The van der Waals surface area contributed by atoms with Crippen molar-refractivity contribution in [2.45, 2.75) is 48.6 Å². The summed E-state index contributed by atoms with van der Waals surface area (Å²) in [5.74, 6) is -38.9. The lowest BCUT2D eigenvalue weighted by Gasteiger charge is -2.39. The van der Waals surface area contributed by atoms with Crippen LogP contribution in [0.2, 0.25) is 0 Å². The summed E-state index contributed by atoms with van der Waals surface area (Å²) in [6, 6.07) is 0. The predicted octanol–water partition coefficient (Wildman–Crippen LogP) is 3.99. The monoisotopic (exact) mass is 391 g/mol. The van der Waals surface area contributed by atoms with Gasteiger partial charge in [0.05, 0.1) is 0 Å². The highest BCUT2D eigenvalue weighted by Crippen LogP contribution is 2.60.